The number of allylic oxidation sites excluding steroid dienone is 1. The summed E-state index contributed by atoms with van der Waals surface area (Å²) in [4.78, 5) is 36.2. The second-order valence-electron chi connectivity index (χ2n) is 10.9. The molecule has 10 heteroatoms. The maximum Gasteiger partial charge on any atom is 0.343 e. The highest BCUT2D eigenvalue weighted by atomic mass is 31.2. The Hall–Kier alpha value is -1.14. The molecule has 0 radical (unpaired) electrons. The van der Waals surface area contributed by atoms with E-state index in [2.05, 4.69) is 19.6 Å². The minimum atomic E-state index is -5.14. The molecule has 1 aromatic carbocycles. The van der Waals surface area contributed by atoms with Crippen LogP contribution in [-0.4, -0.2) is 35.7 Å². The summed E-state index contributed by atoms with van der Waals surface area (Å²) in [6.07, 6.45) is 5.87. The molecule has 0 amide bonds. The number of fused-ring (bicyclic) bond motifs is 5. The Bertz CT molecular complexity index is 1040. The molecular weight excluding hydrogens is 478 g/mol. The van der Waals surface area contributed by atoms with Crippen LogP contribution >= 0.6 is 15.2 Å². The highest BCUT2D eigenvalue weighted by Crippen LogP contribution is 2.71. The molecule has 190 valence electrons. The van der Waals surface area contributed by atoms with E-state index >= 15 is 0 Å². The van der Waals surface area contributed by atoms with Crippen molar-refractivity contribution < 1.29 is 38.5 Å². The molecule has 1 aromatic rings. The molecule has 2 saturated carbocycles. The van der Waals surface area contributed by atoms with Crippen LogP contribution < -0.4 is 0 Å². The SMILES string of the molecule is C=C(CC(C)(P(=O)(O)O)P(=O)(O)O)OC1CCCC2C3CCc4cc(O)ccc4C3CCC12C. The van der Waals surface area contributed by atoms with Crippen molar-refractivity contribution in [3.63, 3.8) is 0 Å². The molecule has 0 bridgehead atoms. The zero-order valence-corrected chi connectivity index (χ0v) is 21.5. The summed E-state index contributed by atoms with van der Waals surface area (Å²) < 4.78 is 30.2. The summed E-state index contributed by atoms with van der Waals surface area (Å²) in [5.41, 5.74) is 2.41. The van der Waals surface area contributed by atoms with Gasteiger partial charge in [-0.3, -0.25) is 9.13 Å². The van der Waals surface area contributed by atoms with Gasteiger partial charge in [0, 0.05) is 11.8 Å². The summed E-state index contributed by atoms with van der Waals surface area (Å²) in [6, 6.07) is 5.72. The van der Waals surface area contributed by atoms with E-state index in [-0.39, 0.29) is 17.3 Å². The van der Waals surface area contributed by atoms with E-state index in [1.54, 1.807) is 6.07 Å². The van der Waals surface area contributed by atoms with Crippen LogP contribution in [0.4, 0.5) is 0 Å². The monoisotopic (exact) mass is 514 g/mol. The lowest BCUT2D eigenvalue weighted by Crippen LogP contribution is -2.51. The van der Waals surface area contributed by atoms with E-state index < -0.39 is 26.5 Å². The van der Waals surface area contributed by atoms with Crippen LogP contribution in [0, 0.1) is 17.3 Å². The van der Waals surface area contributed by atoms with Gasteiger partial charge in [0.15, 0.2) is 4.90 Å². The molecule has 0 spiro atoms. The first-order valence-corrected chi connectivity index (χ1v) is 15.2. The fourth-order valence-corrected chi connectivity index (χ4v) is 9.02. The van der Waals surface area contributed by atoms with Crippen molar-refractivity contribution >= 4 is 15.2 Å². The van der Waals surface area contributed by atoms with Gasteiger partial charge in [-0.25, -0.2) is 0 Å². The van der Waals surface area contributed by atoms with Crippen LogP contribution in [0.2, 0.25) is 0 Å². The van der Waals surface area contributed by atoms with Crippen molar-refractivity contribution in [3.05, 3.63) is 41.7 Å². The number of aromatic hydroxyl groups is 1. The number of phenols is 1. The summed E-state index contributed by atoms with van der Waals surface area (Å²) in [7, 11) is -10.3. The molecule has 3 aliphatic rings. The number of aryl methyl sites for hydroxylation is 1. The van der Waals surface area contributed by atoms with E-state index in [9.17, 15) is 33.8 Å². The third-order valence-electron chi connectivity index (χ3n) is 8.96. The molecule has 4 rings (SSSR count). The largest absolute Gasteiger partial charge is 0.508 e. The van der Waals surface area contributed by atoms with Crippen LogP contribution in [0.15, 0.2) is 30.5 Å². The van der Waals surface area contributed by atoms with Gasteiger partial charge in [0.05, 0.1) is 5.76 Å². The molecule has 0 aliphatic heterocycles. The lowest BCUT2D eigenvalue weighted by Gasteiger charge is -2.57. The average Bonchev–Trinajstić information content (AvgIpc) is 2.72. The minimum Gasteiger partial charge on any atom is -0.508 e. The lowest BCUT2D eigenvalue weighted by molar-refractivity contribution is -0.111. The van der Waals surface area contributed by atoms with Gasteiger partial charge in [0.2, 0.25) is 0 Å². The van der Waals surface area contributed by atoms with Crippen LogP contribution in [-0.2, 0) is 20.3 Å². The van der Waals surface area contributed by atoms with E-state index in [0.717, 1.165) is 51.9 Å². The van der Waals surface area contributed by atoms with Crippen molar-refractivity contribution in [3.8, 4) is 5.75 Å². The number of hydrogen-bond acceptors (Lipinski definition) is 4. The lowest BCUT2D eigenvalue weighted by atomic mass is 9.50. The molecule has 0 heterocycles. The molecule has 2 fully saturated rings. The number of phenolic OH excluding ortho intramolecular Hbond substituents is 1. The zero-order chi connectivity index (χ0) is 25.1. The van der Waals surface area contributed by atoms with E-state index in [4.69, 9.17) is 4.74 Å². The van der Waals surface area contributed by atoms with Crippen molar-refractivity contribution in [1.82, 2.24) is 0 Å². The standard InChI is InChI=1S/C24H36O8P2/c1-15(14-24(3,33(26,27)28)34(29,30)31)32-22-6-4-5-21-20-9-7-16-13-17(25)8-10-18(16)19(20)11-12-23(21,22)2/h8,10,13,19-22,25H,1,4-7,9,11-12,14H2,2-3H3,(H2,26,27,28)(H2,29,30,31). The van der Waals surface area contributed by atoms with E-state index in [0.29, 0.717) is 23.5 Å². The molecule has 0 aromatic heterocycles. The van der Waals surface area contributed by atoms with Crippen LogP contribution in [0.1, 0.15) is 75.8 Å². The third kappa shape index (κ3) is 4.31. The van der Waals surface area contributed by atoms with Crippen LogP contribution in [0.25, 0.3) is 0 Å². The molecule has 0 saturated heterocycles. The molecule has 34 heavy (non-hydrogen) atoms. The van der Waals surface area contributed by atoms with Crippen molar-refractivity contribution in [1.29, 1.82) is 0 Å². The average molecular weight is 514 g/mol. The van der Waals surface area contributed by atoms with Gasteiger partial charge in [0.25, 0.3) is 0 Å². The maximum atomic E-state index is 12.0. The molecule has 5 unspecified atom stereocenters. The van der Waals surface area contributed by atoms with Gasteiger partial charge in [-0.2, -0.15) is 0 Å². The van der Waals surface area contributed by atoms with Gasteiger partial charge in [-0.15, -0.1) is 0 Å². The Labute approximate surface area is 200 Å². The molecule has 3 aliphatic carbocycles. The Kier molecular flexibility index (Phi) is 6.68. The van der Waals surface area contributed by atoms with Gasteiger partial charge < -0.3 is 29.4 Å². The van der Waals surface area contributed by atoms with Gasteiger partial charge in [-0.1, -0.05) is 19.6 Å². The van der Waals surface area contributed by atoms with Crippen molar-refractivity contribution in [2.24, 2.45) is 17.3 Å². The van der Waals surface area contributed by atoms with Gasteiger partial charge in [0.1, 0.15) is 11.9 Å². The van der Waals surface area contributed by atoms with Crippen LogP contribution in [0.3, 0.4) is 0 Å². The summed E-state index contributed by atoms with van der Waals surface area (Å²) in [5.74, 6) is 1.66. The van der Waals surface area contributed by atoms with Gasteiger partial charge in [-0.05, 0) is 92.9 Å². The fraction of sp³-hybridized carbons (Fsp3) is 0.667. The molecule has 5 atom stereocenters. The zero-order valence-electron chi connectivity index (χ0n) is 19.8. The minimum absolute atomic E-state index is 0.00705. The van der Waals surface area contributed by atoms with Crippen molar-refractivity contribution in [2.45, 2.75) is 82.1 Å². The number of hydrogen-bond donors (Lipinski definition) is 5. The maximum absolute atomic E-state index is 12.0. The van der Waals surface area contributed by atoms with E-state index in [1.165, 1.54) is 11.1 Å². The molecular formula is C24H36O8P2. The predicted molar refractivity (Wildman–Crippen MR) is 128 cm³/mol. The fourth-order valence-electron chi connectivity index (χ4n) is 6.90. The van der Waals surface area contributed by atoms with Crippen molar-refractivity contribution in [2.75, 3.05) is 0 Å². The first-order chi connectivity index (χ1) is 15.7. The molecule has 8 nitrogen and oxygen atoms in total. The normalized spacial score (nSPS) is 31.7. The highest BCUT2D eigenvalue weighted by Gasteiger charge is 2.58. The number of ether oxygens (including phenoxy) is 1. The number of benzene rings is 1. The third-order valence-corrected chi connectivity index (χ3v) is 13.4. The highest BCUT2D eigenvalue weighted by molar-refractivity contribution is 7.72. The Morgan fingerprint density at radius 1 is 1.15 bits per heavy atom. The second kappa shape index (κ2) is 8.76. The summed E-state index contributed by atoms with van der Waals surface area (Å²) in [5, 5.41) is 9.89. The first kappa shape index (κ1) is 25.9. The first-order valence-electron chi connectivity index (χ1n) is 11.9. The smallest absolute Gasteiger partial charge is 0.343 e. The summed E-state index contributed by atoms with van der Waals surface area (Å²) in [6.45, 7) is 6.94. The Morgan fingerprint density at radius 3 is 2.47 bits per heavy atom. The second-order valence-corrected chi connectivity index (χ2v) is 15.4. The van der Waals surface area contributed by atoms with Crippen LogP contribution in [0.5, 0.6) is 5.75 Å². The molecule has 5 N–H and O–H groups in total. The summed E-state index contributed by atoms with van der Waals surface area (Å²) >= 11 is 0. The van der Waals surface area contributed by atoms with Gasteiger partial charge >= 0.3 is 15.2 Å². The Balaban J connectivity index is 1.54. The van der Waals surface area contributed by atoms with E-state index in [1.807, 2.05) is 6.07 Å². The predicted octanol–water partition coefficient (Wildman–Crippen LogP) is 5.00. The number of rotatable bonds is 6. The quantitative estimate of drug-likeness (QED) is 0.264. The topological polar surface area (TPSA) is 145 Å². The Morgan fingerprint density at radius 2 is 1.82 bits per heavy atom.